The topological polar surface area (TPSA) is 241 Å². The van der Waals surface area contributed by atoms with Gasteiger partial charge in [-0.1, -0.05) is 241 Å². The number of hydrogen-bond acceptors (Lipinski definition) is 18. The number of allylic oxidation sites excluding steroid dienone is 1. The van der Waals surface area contributed by atoms with Crippen LogP contribution in [-0.2, 0) is 176 Å². The summed E-state index contributed by atoms with van der Waals surface area (Å²) in [6.07, 6.45) is 25.5. The van der Waals surface area contributed by atoms with Gasteiger partial charge in [-0.05, 0) is 160 Å². The quantitative estimate of drug-likeness (QED) is 0.0172. The highest BCUT2D eigenvalue weighted by Gasteiger charge is 2.45. The number of methoxy groups -OCH3 is 2. The van der Waals surface area contributed by atoms with Crippen molar-refractivity contribution in [1.82, 2.24) is 0 Å². The molecule has 0 amide bonds. The van der Waals surface area contributed by atoms with Crippen molar-refractivity contribution in [2.24, 2.45) is 0 Å². The fourth-order valence-electron chi connectivity index (χ4n) is 16.0. The SMILES string of the molecule is C#CCC1(OC(=O)C(=C)C)Cc2ccccc2C1.C=C(C)C(=O)OC1(C)Cc2ccccc2C1.C=C(C)C(=O)OC1(C)Cc2ccccc2C1.C=C(C)C(=O)OC1(C)Cc2ccccc2C1.C=C(C)C(=O)OC1(C/C=C/C)Cc2ccccc2C1.C=CC1(OC(=O)C(=C)C)Cc2ccccc2C1.C=CCC1(OC(=O)C(=C)C)Cc2ccccc2C1.COC(C)=O.COC(C)=O.[C-]#[N+]C. The van der Waals surface area contributed by atoms with E-state index in [0.717, 1.165) is 70.6 Å². The molecule has 0 N–H and O–H groups in total. The van der Waals surface area contributed by atoms with Gasteiger partial charge >= 0.3 is 53.7 Å². The second-order valence-electron chi connectivity index (χ2n) is 35.5. The van der Waals surface area contributed by atoms with Crippen molar-refractivity contribution >= 4 is 53.7 Å². The molecule has 702 valence electrons. The van der Waals surface area contributed by atoms with Gasteiger partial charge in [-0.25, -0.2) is 40.1 Å². The molecule has 0 bridgehead atoms. The summed E-state index contributed by atoms with van der Waals surface area (Å²) in [7, 11) is 4.12. The average molecular weight is 1810 g/mol. The second kappa shape index (κ2) is 51.1. The molecule has 19 nitrogen and oxygen atoms in total. The predicted octanol–water partition coefficient (Wildman–Crippen LogP) is 21.2. The first-order valence-electron chi connectivity index (χ1n) is 44.0. The van der Waals surface area contributed by atoms with Crippen LogP contribution in [0.5, 0.6) is 0 Å². The third-order valence-corrected chi connectivity index (χ3v) is 22.6. The largest absolute Gasteiger partial charge is 0.469 e. The summed E-state index contributed by atoms with van der Waals surface area (Å²) in [5, 5.41) is 0. The Labute approximate surface area is 788 Å². The number of hydrogen-bond donors (Lipinski definition) is 0. The molecule has 0 aliphatic heterocycles. The summed E-state index contributed by atoms with van der Waals surface area (Å²) in [5.74, 6) is -0.0776. The average Bonchev–Trinajstić information content (AvgIpc) is 1.65. The van der Waals surface area contributed by atoms with Crippen LogP contribution in [0.4, 0.5) is 0 Å². The van der Waals surface area contributed by atoms with Crippen LogP contribution in [0.25, 0.3) is 4.85 Å². The van der Waals surface area contributed by atoms with E-state index in [-0.39, 0.29) is 53.7 Å². The van der Waals surface area contributed by atoms with E-state index in [9.17, 15) is 43.2 Å². The summed E-state index contributed by atoms with van der Waals surface area (Å²) in [6.45, 7) is 61.1. The predicted molar refractivity (Wildman–Crippen MR) is 525 cm³/mol. The van der Waals surface area contributed by atoms with Gasteiger partial charge in [0.15, 0.2) is 0 Å². The highest BCUT2D eigenvalue weighted by molar-refractivity contribution is 5.90. The van der Waals surface area contributed by atoms with Gasteiger partial charge in [0.05, 0.1) is 14.2 Å². The fourth-order valence-corrected chi connectivity index (χ4v) is 16.0. The molecule has 7 aliphatic carbocycles. The van der Waals surface area contributed by atoms with Crippen LogP contribution < -0.4 is 0 Å². The van der Waals surface area contributed by atoms with Gasteiger partial charge in [0.25, 0.3) is 0 Å². The van der Waals surface area contributed by atoms with Gasteiger partial charge in [-0.3, -0.25) is 9.59 Å². The van der Waals surface area contributed by atoms with Crippen LogP contribution in [0, 0.1) is 18.9 Å². The molecule has 133 heavy (non-hydrogen) atoms. The van der Waals surface area contributed by atoms with Gasteiger partial charge in [0.1, 0.15) is 39.2 Å². The van der Waals surface area contributed by atoms with E-state index in [1.165, 1.54) is 113 Å². The lowest BCUT2D eigenvalue weighted by Crippen LogP contribution is -2.36. The number of ether oxygens (including phenoxy) is 9. The first-order chi connectivity index (χ1) is 62.7. The maximum absolute atomic E-state index is 11.9. The monoisotopic (exact) mass is 1800 g/mol. The van der Waals surface area contributed by atoms with Crippen LogP contribution in [0.1, 0.15) is 187 Å². The van der Waals surface area contributed by atoms with Gasteiger partial charge in [0, 0.05) is 162 Å². The van der Waals surface area contributed by atoms with Crippen molar-refractivity contribution in [3.63, 3.8) is 0 Å². The minimum Gasteiger partial charge on any atom is -0.469 e. The Balaban J connectivity index is 0.000000268. The van der Waals surface area contributed by atoms with Gasteiger partial charge in [-0.2, -0.15) is 0 Å². The van der Waals surface area contributed by atoms with E-state index in [1.807, 2.05) is 125 Å². The first kappa shape index (κ1) is 110. The molecule has 14 rings (SSSR count). The standard InChI is InChI=1S/C17H20O2.C16H18O2.C16H16O2.C15H16O2.3C14H16O2.2C3H6O2.C2H3N/c1-4-5-10-17(19-16(18)13(2)3)11-14-8-6-7-9-15(14)12-17;2*1-4-9-16(18-15(17)12(2)3)10-13-7-5-6-8-14(13)11-16;1-4-15(17-14(16)11(2)3)9-12-7-5-6-8-13(12)10-15;3*1-10(2)13(15)16-14(3)8-11-6-4-5-7-12(11)9-14;2*1-3(4)5-2;1-3-2/h4-9H,2,10-12H2,1,3H3;4-8H,1-2,9-11H2,3H3;1,5-8H,2,9-11H2,3H3;4-8H,1-2,9-10H2,3H3;3*4-7H,1,8-9H2,2-3H3;2*1-2H3;1H3/b5-4+;;;;;;;;;. The first-order valence-corrected chi connectivity index (χ1v) is 44.0. The molecule has 0 saturated heterocycles. The lowest BCUT2D eigenvalue weighted by Gasteiger charge is -2.28. The smallest absolute Gasteiger partial charge is 0.334 e. The van der Waals surface area contributed by atoms with Crippen LogP contribution in [0.15, 0.2) is 292 Å². The fraction of sp³-hybridized carbons (Fsp3) is 0.351. The molecule has 0 atom stereocenters. The molecule has 0 heterocycles. The molecular formula is C114H133NO18. The van der Waals surface area contributed by atoms with Crippen molar-refractivity contribution < 1.29 is 85.8 Å². The Kier molecular flexibility index (Phi) is 42.2. The maximum atomic E-state index is 11.9. The van der Waals surface area contributed by atoms with Gasteiger partial charge < -0.3 is 47.5 Å². The summed E-state index contributed by atoms with van der Waals surface area (Å²) in [5.41, 5.74) is 17.4. The van der Waals surface area contributed by atoms with Crippen molar-refractivity contribution in [3.05, 3.63) is 382 Å². The van der Waals surface area contributed by atoms with Gasteiger partial charge in [-0.15, -0.1) is 18.9 Å². The Morgan fingerprint density at radius 3 is 0.707 bits per heavy atom. The molecule has 0 radical (unpaired) electrons. The molecule has 7 aliphatic rings. The van der Waals surface area contributed by atoms with Gasteiger partial charge in [0.2, 0.25) is 7.05 Å². The van der Waals surface area contributed by atoms with Crippen LogP contribution >= 0.6 is 0 Å². The summed E-state index contributed by atoms with van der Waals surface area (Å²) >= 11 is 0. The van der Waals surface area contributed by atoms with Crippen molar-refractivity contribution in [3.8, 4) is 12.3 Å². The Morgan fingerprint density at radius 2 is 0.519 bits per heavy atom. The van der Waals surface area contributed by atoms with E-state index < -0.39 is 39.2 Å². The molecule has 19 heteroatoms. The number of carbonyl (C=O) groups is 9. The Morgan fingerprint density at radius 1 is 0.338 bits per heavy atom. The van der Waals surface area contributed by atoms with E-state index >= 15 is 0 Å². The number of carbonyl (C=O) groups excluding carboxylic acids is 9. The number of nitrogens with zero attached hydrogens (tertiary/aromatic N) is 1. The molecule has 0 unspecified atom stereocenters. The lowest BCUT2D eigenvalue weighted by atomic mass is 9.95. The molecule has 0 fully saturated rings. The highest BCUT2D eigenvalue weighted by atomic mass is 16.6. The molecule has 0 spiro atoms. The number of fused-ring (bicyclic) bond motifs is 7. The van der Waals surface area contributed by atoms with Crippen molar-refractivity contribution in [2.75, 3.05) is 21.3 Å². The van der Waals surface area contributed by atoms with Crippen LogP contribution in [0.3, 0.4) is 0 Å². The Hall–Kier alpha value is -13.8. The summed E-state index contributed by atoms with van der Waals surface area (Å²) < 4.78 is 47.3. The van der Waals surface area contributed by atoms with Crippen LogP contribution in [-0.4, -0.2) is 114 Å². The minimum atomic E-state index is -0.598. The van der Waals surface area contributed by atoms with Crippen molar-refractivity contribution in [1.29, 1.82) is 0 Å². The number of esters is 9. The zero-order chi connectivity index (χ0) is 99.2. The van der Waals surface area contributed by atoms with E-state index in [0.29, 0.717) is 77.5 Å². The number of terminal acetylenes is 1. The zero-order valence-corrected chi connectivity index (χ0v) is 80.7. The third kappa shape index (κ3) is 34.2. The maximum Gasteiger partial charge on any atom is 0.334 e. The van der Waals surface area contributed by atoms with Crippen LogP contribution in [0.2, 0.25) is 0 Å². The van der Waals surface area contributed by atoms with E-state index in [1.54, 1.807) is 54.5 Å². The number of benzene rings is 7. The molecule has 0 saturated carbocycles. The second-order valence-corrected chi connectivity index (χ2v) is 35.5. The van der Waals surface area contributed by atoms with Crippen molar-refractivity contribution in [2.45, 2.75) is 238 Å². The molecule has 7 aromatic carbocycles. The Bertz CT molecular complexity index is 5180. The molecule has 0 aromatic heterocycles. The lowest BCUT2D eigenvalue weighted by molar-refractivity contribution is -0.154. The number of rotatable bonds is 20. The third-order valence-electron chi connectivity index (χ3n) is 22.6. The van der Waals surface area contributed by atoms with E-state index in [2.05, 4.69) is 170 Å². The highest BCUT2D eigenvalue weighted by Crippen LogP contribution is 2.42. The zero-order valence-electron chi connectivity index (χ0n) is 80.7. The summed E-state index contributed by atoms with van der Waals surface area (Å²) in [6, 6.07) is 57.4. The minimum absolute atomic E-state index is 0.245. The summed E-state index contributed by atoms with van der Waals surface area (Å²) in [4.78, 5) is 104. The molecule has 7 aromatic rings. The normalized spacial score (nSPS) is 15.2. The molecular weight excluding hydrogens is 1670 g/mol. The van der Waals surface area contributed by atoms with E-state index in [4.69, 9.17) is 46.2 Å².